The second-order valence-electron chi connectivity index (χ2n) is 9.20. The summed E-state index contributed by atoms with van der Waals surface area (Å²) in [5.74, 6) is -0.299. The first kappa shape index (κ1) is 23.3. The van der Waals surface area contributed by atoms with Crippen molar-refractivity contribution in [2.75, 3.05) is 18.6 Å². The van der Waals surface area contributed by atoms with Crippen molar-refractivity contribution in [1.82, 2.24) is 4.90 Å². The predicted octanol–water partition coefficient (Wildman–Crippen LogP) is 5.11. The lowest BCUT2D eigenvalue weighted by molar-refractivity contribution is -0.126. The van der Waals surface area contributed by atoms with E-state index in [4.69, 9.17) is 20.8 Å². The van der Waals surface area contributed by atoms with Gasteiger partial charge in [0.2, 0.25) is 5.76 Å². The Labute approximate surface area is 217 Å². The van der Waals surface area contributed by atoms with Gasteiger partial charge >= 0.3 is 0 Å². The van der Waals surface area contributed by atoms with E-state index in [1.807, 2.05) is 43.3 Å². The van der Waals surface area contributed by atoms with Crippen LogP contribution in [-0.4, -0.2) is 30.4 Å². The zero-order chi connectivity index (χ0) is 25.9. The first-order valence-corrected chi connectivity index (χ1v) is 12.4. The second kappa shape index (κ2) is 8.49. The van der Waals surface area contributed by atoms with Crippen molar-refractivity contribution < 1.29 is 18.7 Å². The fourth-order valence-corrected chi connectivity index (χ4v) is 5.72. The summed E-state index contributed by atoms with van der Waals surface area (Å²) >= 11 is 6.21. The highest BCUT2D eigenvalue weighted by atomic mass is 35.5. The Hall–Kier alpha value is -4.10. The molecule has 2 amide bonds. The van der Waals surface area contributed by atoms with E-state index in [-0.39, 0.29) is 34.7 Å². The number of ether oxygens (including phenoxy) is 1. The minimum atomic E-state index is -1.66. The molecule has 0 saturated carbocycles. The fraction of sp³-hybridized carbons (Fsp3) is 0.207. The Bertz CT molecular complexity index is 1640. The average molecular weight is 515 g/mol. The minimum Gasteiger partial charge on any atom is -0.497 e. The van der Waals surface area contributed by atoms with Gasteiger partial charge in [-0.2, -0.15) is 0 Å². The standard InChI is InChI=1S/C29H23ClN2O5/c1-3-14-31-22-7-5-4-6-21(22)29(28(31)35)24-25(33)20-15-18(30)10-13-23(20)37-26(24)27(34)32(29)16-17-8-11-19(36-2)12-9-17/h4-13,15H,3,14,16H2,1-2H3. The molecule has 37 heavy (non-hydrogen) atoms. The number of hydrogen-bond donors (Lipinski definition) is 0. The van der Waals surface area contributed by atoms with Gasteiger partial charge in [0.05, 0.1) is 23.7 Å². The topological polar surface area (TPSA) is 80.1 Å². The van der Waals surface area contributed by atoms with Crippen LogP contribution in [0.2, 0.25) is 5.02 Å². The van der Waals surface area contributed by atoms with Crippen LogP contribution in [0.25, 0.3) is 11.0 Å². The van der Waals surface area contributed by atoms with Gasteiger partial charge in [-0.25, -0.2) is 0 Å². The van der Waals surface area contributed by atoms with Crippen LogP contribution < -0.4 is 15.1 Å². The Morgan fingerprint density at radius 2 is 1.76 bits per heavy atom. The van der Waals surface area contributed by atoms with Crippen LogP contribution >= 0.6 is 11.6 Å². The van der Waals surface area contributed by atoms with Gasteiger partial charge in [0.1, 0.15) is 11.3 Å². The van der Waals surface area contributed by atoms with E-state index in [0.717, 1.165) is 5.56 Å². The first-order chi connectivity index (χ1) is 17.9. The molecule has 1 unspecified atom stereocenters. The van der Waals surface area contributed by atoms with Gasteiger partial charge < -0.3 is 19.0 Å². The summed E-state index contributed by atoms with van der Waals surface area (Å²) in [4.78, 5) is 45.7. The lowest BCUT2D eigenvalue weighted by Crippen LogP contribution is -2.53. The van der Waals surface area contributed by atoms with Crippen molar-refractivity contribution in [3.63, 3.8) is 0 Å². The van der Waals surface area contributed by atoms with Gasteiger partial charge in [-0.3, -0.25) is 14.4 Å². The summed E-state index contributed by atoms with van der Waals surface area (Å²) in [5, 5.41) is 0.586. The van der Waals surface area contributed by atoms with E-state index in [1.54, 1.807) is 36.3 Å². The number of benzene rings is 3. The molecule has 2 aliphatic heterocycles. The van der Waals surface area contributed by atoms with E-state index in [2.05, 4.69) is 0 Å². The fourth-order valence-electron chi connectivity index (χ4n) is 5.54. The molecule has 7 nitrogen and oxygen atoms in total. The van der Waals surface area contributed by atoms with Crippen LogP contribution in [0.4, 0.5) is 5.69 Å². The lowest BCUT2D eigenvalue weighted by atomic mass is 9.83. The maximum atomic E-state index is 14.4. The van der Waals surface area contributed by atoms with Crippen molar-refractivity contribution in [1.29, 1.82) is 0 Å². The molecule has 1 spiro atoms. The maximum Gasteiger partial charge on any atom is 0.291 e. The third-order valence-electron chi connectivity index (χ3n) is 7.14. The smallest absolute Gasteiger partial charge is 0.291 e. The number of anilines is 1. The quantitative estimate of drug-likeness (QED) is 0.370. The van der Waals surface area contributed by atoms with E-state index in [9.17, 15) is 14.4 Å². The number of hydrogen-bond acceptors (Lipinski definition) is 5. The number of amides is 2. The molecule has 8 heteroatoms. The van der Waals surface area contributed by atoms with E-state index in [1.165, 1.54) is 11.0 Å². The number of para-hydroxylation sites is 1. The molecule has 6 rings (SSSR count). The Balaban J connectivity index is 1.67. The van der Waals surface area contributed by atoms with Crippen molar-refractivity contribution >= 4 is 40.1 Å². The summed E-state index contributed by atoms with van der Waals surface area (Å²) < 4.78 is 11.3. The second-order valence-corrected chi connectivity index (χ2v) is 9.64. The van der Waals surface area contributed by atoms with E-state index >= 15 is 0 Å². The van der Waals surface area contributed by atoms with Crippen molar-refractivity contribution in [2.24, 2.45) is 0 Å². The summed E-state index contributed by atoms with van der Waals surface area (Å²) in [7, 11) is 1.58. The molecule has 0 bridgehead atoms. The van der Waals surface area contributed by atoms with Crippen LogP contribution in [0.3, 0.4) is 0 Å². The van der Waals surface area contributed by atoms with Crippen LogP contribution in [0.15, 0.2) is 75.9 Å². The Morgan fingerprint density at radius 3 is 2.49 bits per heavy atom. The molecule has 3 heterocycles. The van der Waals surface area contributed by atoms with E-state index < -0.39 is 16.9 Å². The summed E-state index contributed by atoms with van der Waals surface area (Å²) in [6, 6.07) is 19.3. The SMILES string of the molecule is CCCN1C(=O)C2(c3ccccc31)c1c(oc3ccc(Cl)cc3c1=O)C(=O)N2Cc1ccc(OC)cc1. The molecule has 1 atom stereocenters. The molecule has 2 aliphatic rings. The van der Waals surface area contributed by atoms with Gasteiger partial charge in [-0.15, -0.1) is 0 Å². The van der Waals surface area contributed by atoms with Crippen molar-refractivity contribution in [3.8, 4) is 5.75 Å². The largest absolute Gasteiger partial charge is 0.497 e. The predicted molar refractivity (Wildman–Crippen MR) is 140 cm³/mol. The molecule has 0 aliphatic carbocycles. The zero-order valence-electron chi connectivity index (χ0n) is 20.3. The number of fused-ring (bicyclic) bond motifs is 5. The molecule has 3 aromatic carbocycles. The summed E-state index contributed by atoms with van der Waals surface area (Å²) in [6.45, 7) is 2.51. The molecule has 1 aromatic heterocycles. The first-order valence-electron chi connectivity index (χ1n) is 12.0. The molecular weight excluding hydrogens is 492 g/mol. The molecule has 0 N–H and O–H groups in total. The van der Waals surface area contributed by atoms with Crippen LogP contribution in [0.5, 0.6) is 5.75 Å². The molecular formula is C29H23ClN2O5. The maximum absolute atomic E-state index is 14.4. The lowest BCUT2D eigenvalue weighted by Gasteiger charge is -2.34. The highest BCUT2D eigenvalue weighted by Crippen LogP contribution is 2.53. The number of carbonyl (C=O) groups excluding carboxylic acids is 2. The van der Waals surface area contributed by atoms with Crippen LogP contribution in [0.1, 0.15) is 40.6 Å². The summed E-state index contributed by atoms with van der Waals surface area (Å²) in [5.41, 5.74) is 0.230. The zero-order valence-corrected chi connectivity index (χ0v) is 21.0. The molecule has 0 fully saturated rings. The normalized spacial score (nSPS) is 18.1. The van der Waals surface area contributed by atoms with E-state index in [0.29, 0.717) is 35.0 Å². The van der Waals surface area contributed by atoms with Gasteiger partial charge in [-0.05, 0) is 48.4 Å². The highest BCUT2D eigenvalue weighted by molar-refractivity contribution is 6.31. The van der Waals surface area contributed by atoms with Gasteiger partial charge in [-0.1, -0.05) is 48.9 Å². The monoisotopic (exact) mass is 514 g/mol. The highest BCUT2D eigenvalue weighted by Gasteiger charge is 2.64. The molecule has 0 saturated heterocycles. The third kappa shape index (κ3) is 3.17. The minimum absolute atomic E-state index is 0.0387. The van der Waals surface area contributed by atoms with Crippen molar-refractivity contribution in [3.05, 3.63) is 104 Å². The Morgan fingerprint density at radius 1 is 1.00 bits per heavy atom. The molecule has 0 radical (unpaired) electrons. The van der Waals surface area contributed by atoms with Gasteiger partial charge in [0, 0.05) is 23.7 Å². The van der Waals surface area contributed by atoms with Gasteiger partial charge in [0.15, 0.2) is 11.0 Å². The average Bonchev–Trinajstić information content (AvgIpc) is 3.30. The number of methoxy groups -OCH3 is 1. The number of halogens is 1. The van der Waals surface area contributed by atoms with Crippen LogP contribution in [-0.2, 0) is 16.9 Å². The number of carbonyl (C=O) groups is 2. The molecule has 4 aromatic rings. The number of nitrogens with zero attached hydrogens (tertiary/aromatic N) is 2. The summed E-state index contributed by atoms with van der Waals surface area (Å²) in [6.07, 6.45) is 0.706. The number of rotatable bonds is 5. The van der Waals surface area contributed by atoms with Gasteiger partial charge in [0.25, 0.3) is 11.8 Å². The molecule has 186 valence electrons. The Kier molecular flexibility index (Phi) is 5.35. The van der Waals surface area contributed by atoms with Crippen LogP contribution in [0, 0.1) is 0 Å². The third-order valence-corrected chi connectivity index (χ3v) is 7.38. The van der Waals surface area contributed by atoms with Crippen molar-refractivity contribution in [2.45, 2.75) is 25.4 Å².